The van der Waals surface area contributed by atoms with Gasteiger partial charge in [0, 0.05) is 7.05 Å². The van der Waals surface area contributed by atoms with Gasteiger partial charge in [0.2, 0.25) is 0 Å². The lowest BCUT2D eigenvalue weighted by Gasteiger charge is -2.16. The maximum absolute atomic E-state index is 12.9. The molecule has 11 heteroatoms. The predicted molar refractivity (Wildman–Crippen MR) is 82.3 cm³/mol. The zero-order valence-electron chi connectivity index (χ0n) is 11.0. The number of hydrogen-bond acceptors (Lipinski definition) is 2. The van der Waals surface area contributed by atoms with E-state index in [9.17, 15) is 22.8 Å². The molecule has 0 aliphatic carbocycles. The molecule has 0 saturated heterocycles. The molecule has 0 amide bonds. The Morgan fingerprint density at radius 3 is 1.87 bits per heavy atom. The van der Waals surface area contributed by atoms with Crippen LogP contribution in [-0.4, -0.2) is 9.13 Å². The summed E-state index contributed by atoms with van der Waals surface area (Å²) in [6, 6.07) is 2.23. The molecule has 0 radical (unpaired) electrons. The van der Waals surface area contributed by atoms with Crippen molar-refractivity contribution in [3.05, 3.63) is 58.8 Å². The summed E-state index contributed by atoms with van der Waals surface area (Å²) in [6.07, 6.45) is -4.97. The van der Waals surface area contributed by atoms with Crippen LogP contribution < -0.4 is 11.2 Å². The third kappa shape index (κ3) is 3.10. The highest BCUT2D eigenvalue weighted by Gasteiger charge is 2.38. The van der Waals surface area contributed by atoms with E-state index >= 15 is 0 Å². The van der Waals surface area contributed by atoms with E-state index in [0.29, 0.717) is 4.57 Å². The fourth-order valence-electron chi connectivity index (χ4n) is 1.89. The molecule has 0 bridgehead atoms. The second kappa shape index (κ2) is 6.05. The van der Waals surface area contributed by atoms with Crippen LogP contribution >= 0.6 is 46.4 Å². The van der Waals surface area contributed by atoms with E-state index in [1.54, 1.807) is 0 Å². The first kappa shape index (κ1) is 18.2. The Morgan fingerprint density at radius 2 is 1.43 bits per heavy atom. The standard InChI is InChI=1S/C12H5Cl4F3N2O2/c1-20-9(12(17,18)19)8(16)10(22)21(11(20)23)4-2-5(13)7(15)6(14)3-4/h2-3H,1H3. The Labute approximate surface area is 146 Å². The Hall–Kier alpha value is -1.15. The molecule has 0 spiro atoms. The quantitative estimate of drug-likeness (QED) is 0.666. The number of rotatable bonds is 1. The third-order valence-electron chi connectivity index (χ3n) is 2.91. The van der Waals surface area contributed by atoms with Crippen molar-refractivity contribution in [1.82, 2.24) is 9.13 Å². The van der Waals surface area contributed by atoms with Gasteiger partial charge in [-0.3, -0.25) is 9.36 Å². The molecule has 23 heavy (non-hydrogen) atoms. The summed E-state index contributed by atoms with van der Waals surface area (Å²) >= 11 is 22.9. The minimum atomic E-state index is -4.97. The maximum atomic E-state index is 12.9. The second-order valence-corrected chi connectivity index (χ2v) is 5.94. The van der Waals surface area contributed by atoms with Crippen molar-refractivity contribution >= 4 is 46.4 Å². The van der Waals surface area contributed by atoms with Gasteiger partial charge in [-0.1, -0.05) is 46.4 Å². The van der Waals surface area contributed by atoms with Crippen LogP contribution in [0.5, 0.6) is 0 Å². The first-order chi connectivity index (χ1) is 10.5. The zero-order chi connectivity index (χ0) is 17.7. The summed E-state index contributed by atoms with van der Waals surface area (Å²) in [5, 5.41) is -1.35. The van der Waals surface area contributed by atoms with E-state index < -0.39 is 28.1 Å². The normalized spacial score (nSPS) is 11.8. The summed E-state index contributed by atoms with van der Waals surface area (Å²) in [4.78, 5) is 24.3. The van der Waals surface area contributed by atoms with E-state index in [4.69, 9.17) is 46.4 Å². The minimum Gasteiger partial charge on any atom is -0.291 e. The molecule has 0 saturated carbocycles. The molecule has 0 unspecified atom stereocenters. The number of aromatic nitrogens is 2. The lowest BCUT2D eigenvalue weighted by molar-refractivity contribution is -0.143. The molecule has 2 rings (SSSR count). The highest BCUT2D eigenvalue weighted by atomic mass is 35.5. The summed E-state index contributed by atoms with van der Waals surface area (Å²) in [5.74, 6) is 0. The Balaban J connectivity index is 2.92. The van der Waals surface area contributed by atoms with E-state index in [2.05, 4.69) is 0 Å². The minimum absolute atomic E-state index is 0.0278. The average molecular weight is 408 g/mol. The van der Waals surface area contributed by atoms with Gasteiger partial charge in [-0.05, 0) is 12.1 Å². The summed E-state index contributed by atoms with van der Waals surface area (Å²) in [7, 11) is 0.839. The Morgan fingerprint density at radius 1 is 0.957 bits per heavy atom. The second-order valence-electron chi connectivity index (χ2n) is 4.37. The van der Waals surface area contributed by atoms with Crippen LogP contribution in [0, 0.1) is 0 Å². The van der Waals surface area contributed by atoms with Crippen LogP contribution in [0.3, 0.4) is 0 Å². The first-order valence-corrected chi connectivity index (χ1v) is 7.21. The average Bonchev–Trinajstić information content (AvgIpc) is 2.41. The van der Waals surface area contributed by atoms with E-state index in [1.165, 1.54) is 0 Å². The van der Waals surface area contributed by atoms with Gasteiger partial charge >= 0.3 is 11.9 Å². The molecule has 0 aliphatic rings. The van der Waals surface area contributed by atoms with Crippen molar-refractivity contribution in [2.45, 2.75) is 6.18 Å². The number of halogens is 7. The van der Waals surface area contributed by atoms with Gasteiger partial charge in [0.1, 0.15) is 5.02 Å². The molecular weight excluding hydrogens is 403 g/mol. The smallest absolute Gasteiger partial charge is 0.291 e. The number of nitrogens with zero attached hydrogens (tertiary/aromatic N) is 2. The first-order valence-electron chi connectivity index (χ1n) is 5.70. The summed E-state index contributed by atoms with van der Waals surface area (Å²) in [6.45, 7) is 0. The topological polar surface area (TPSA) is 44.0 Å². The van der Waals surface area contributed by atoms with Crippen LogP contribution in [0.15, 0.2) is 21.7 Å². The van der Waals surface area contributed by atoms with Crippen molar-refractivity contribution in [3.8, 4) is 5.69 Å². The largest absolute Gasteiger partial charge is 0.433 e. The van der Waals surface area contributed by atoms with Crippen LogP contribution in [0.1, 0.15) is 5.69 Å². The van der Waals surface area contributed by atoms with Crippen molar-refractivity contribution in [2.24, 2.45) is 7.05 Å². The van der Waals surface area contributed by atoms with Crippen LogP contribution in [-0.2, 0) is 13.2 Å². The van der Waals surface area contributed by atoms with Crippen molar-refractivity contribution in [2.75, 3.05) is 0 Å². The van der Waals surface area contributed by atoms with E-state index in [0.717, 1.165) is 19.2 Å². The van der Waals surface area contributed by atoms with Crippen molar-refractivity contribution < 1.29 is 13.2 Å². The predicted octanol–water partition coefficient (Wildman–Crippen LogP) is 4.17. The highest BCUT2D eigenvalue weighted by Crippen LogP contribution is 2.33. The fourth-order valence-corrected chi connectivity index (χ4v) is 2.80. The lowest BCUT2D eigenvalue weighted by atomic mass is 10.3. The van der Waals surface area contributed by atoms with Gasteiger partial charge in [-0.15, -0.1) is 0 Å². The number of hydrogen-bond donors (Lipinski definition) is 0. The molecule has 124 valence electrons. The maximum Gasteiger partial charge on any atom is 0.433 e. The molecule has 0 N–H and O–H groups in total. The molecule has 0 atom stereocenters. The van der Waals surface area contributed by atoms with Crippen molar-refractivity contribution in [3.63, 3.8) is 0 Å². The van der Waals surface area contributed by atoms with Crippen LogP contribution in [0.25, 0.3) is 5.69 Å². The fraction of sp³-hybridized carbons (Fsp3) is 0.167. The van der Waals surface area contributed by atoms with Crippen LogP contribution in [0.2, 0.25) is 20.1 Å². The van der Waals surface area contributed by atoms with Crippen molar-refractivity contribution in [1.29, 1.82) is 0 Å². The van der Waals surface area contributed by atoms with Gasteiger partial charge in [0.15, 0.2) is 5.69 Å². The molecular formula is C12H5Cl4F3N2O2. The number of benzene rings is 1. The van der Waals surface area contributed by atoms with Gasteiger partial charge in [0.05, 0.1) is 20.8 Å². The van der Waals surface area contributed by atoms with Gasteiger partial charge in [0.25, 0.3) is 5.56 Å². The summed E-state index contributed by atoms with van der Waals surface area (Å²) in [5.41, 5.74) is -4.32. The molecule has 1 aromatic carbocycles. The monoisotopic (exact) mass is 406 g/mol. The van der Waals surface area contributed by atoms with E-state index in [1.807, 2.05) is 0 Å². The van der Waals surface area contributed by atoms with Crippen LogP contribution in [0.4, 0.5) is 13.2 Å². The van der Waals surface area contributed by atoms with Gasteiger partial charge in [-0.2, -0.15) is 13.2 Å². The van der Waals surface area contributed by atoms with E-state index in [-0.39, 0.29) is 25.3 Å². The Kier molecular flexibility index (Phi) is 4.79. The zero-order valence-corrected chi connectivity index (χ0v) is 14.0. The summed E-state index contributed by atoms with van der Waals surface area (Å²) < 4.78 is 39.4. The SMILES string of the molecule is Cn1c(C(F)(F)F)c(Cl)c(=O)n(-c2cc(Cl)c(Cl)c(Cl)c2)c1=O. The molecule has 1 heterocycles. The molecule has 0 aliphatic heterocycles. The lowest BCUT2D eigenvalue weighted by Crippen LogP contribution is -2.41. The Bertz CT molecular complexity index is 858. The molecule has 4 nitrogen and oxygen atoms in total. The molecule has 0 fully saturated rings. The molecule has 2 aromatic rings. The molecule has 1 aromatic heterocycles. The highest BCUT2D eigenvalue weighted by molar-refractivity contribution is 6.48. The number of alkyl halides is 3. The van der Waals surface area contributed by atoms with Gasteiger partial charge < -0.3 is 0 Å². The third-order valence-corrected chi connectivity index (χ3v) is 4.45. The van der Waals surface area contributed by atoms with Gasteiger partial charge in [-0.25, -0.2) is 9.36 Å².